The van der Waals surface area contributed by atoms with E-state index in [9.17, 15) is 44.3 Å². The zero-order valence-corrected chi connectivity index (χ0v) is 44.9. The Morgan fingerprint density at radius 1 is 0.776 bits per heavy atom. The van der Waals surface area contributed by atoms with Crippen LogP contribution < -0.4 is 122 Å². The molecule has 2 atom stereocenters. The summed E-state index contributed by atoms with van der Waals surface area (Å²) < 4.78 is 124. The molecule has 15 nitrogen and oxygen atoms in total. The first-order valence-electron chi connectivity index (χ1n) is 18.1. The second kappa shape index (κ2) is 30.6. The predicted molar refractivity (Wildman–Crippen MR) is 218 cm³/mol. The van der Waals surface area contributed by atoms with Gasteiger partial charge in [0.15, 0.2) is 11.9 Å². The summed E-state index contributed by atoms with van der Waals surface area (Å²) in [6, 6.07) is 19.4. The fraction of sp³-hybridized carbons (Fsp3) is 0.244. The van der Waals surface area contributed by atoms with E-state index >= 15 is 0 Å². The van der Waals surface area contributed by atoms with E-state index in [1.165, 1.54) is 74.5 Å². The Bertz CT molecular complexity index is 2450. The molecule has 26 heteroatoms. The van der Waals surface area contributed by atoms with Crippen molar-refractivity contribution in [1.29, 1.82) is 0 Å². The van der Waals surface area contributed by atoms with Crippen molar-refractivity contribution in [2.75, 3.05) is 6.61 Å². The Labute approximate surface area is 476 Å². The summed E-state index contributed by atoms with van der Waals surface area (Å²) in [6.45, 7) is 7.87. The van der Waals surface area contributed by atoms with Crippen LogP contribution in [0, 0.1) is 6.92 Å². The molecular weight excluding hydrogens is 1020 g/mol. The number of halogens is 8. The van der Waals surface area contributed by atoms with Crippen molar-refractivity contribution in [2.24, 2.45) is 0 Å². The number of carbonyl (C=O) groups excluding carboxylic acids is 3. The van der Waals surface area contributed by atoms with Crippen LogP contribution in [0.2, 0.25) is 10.0 Å². The summed E-state index contributed by atoms with van der Waals surface area (Å²) in [7, 11) is -3.84. The molecule has 2 aromatic heterocycles. The minimum atomic E-state index is -4.54. The van der Waals surface area contributed by atoms with Crippen LogP contribution in [0.4, 0.5) is 26.3 Å². The molecule has 0 spiro atoms. The number of pyridine rings is 2. The minimum absolute atomic E-state index is 0. The molecule has 0 bridgehead atoms. The topological polar surface area (TPSA) is 210 Å². The zero-order valence-electron chi connectivity index (χ0n) is 37.3. The number of nitrogens with zero attached hydrogens (tertiary/aromatic N) is 2. The molecule has 2 heterocycles. The van der Waals surface area contributed by atoms with Crippen LogP contribution >= 0.6 is 23.2 Å². The van der Waals surface area contributed by atoms with Gasteiger partial charge in [0.05, 0.1) is 22.6 Å². The van der Waals surface area contributed by atoms with Crippen molar-refractivity contribution >= 4 is 51.5 Å². The monoisotopic (exact) mass is 1060 g/mol. The van der Waals surface area contributed by atoms with E-state index in [4.69, 9.17) is 61.5 Å². The molecule has 67 heavy (non-hydrogen) atoms. The molecular formula is C41H38Cl2F6K2N2O13S. The normalized spacial score (nSPS) is 11.6. The maximum atomic E-state index is 12.6. The van der Waals surface area contributed by atoms with E-state index in [1.807, 2.05) is 6.92 Å². The molecule has 0 fully saturated rings. The van der Waals surface area contributed by atoms with Gasteiger partial charge in [-0.15, -0.1) is 0 Å². The number of ether oxygens (including phenoxy) is 4. The van der Waals surface area contributed by atoms with Crippen LogP contribution in [-0.4, -0.2) is 60.5 Å². The Morgan fingerprint density at radius 2 is 1.18 bits per heavy atom. The molecule has 0 aliphatic rings. The standard InChI is InChI=1S/C17H15ClF3NO4.C12H7ClF3NO2.C11H14O4S.CH2O3.2K.H/c1-3-24-16(23)10(2)25-12-4-6-13(7-5-12)26-15-14(18)8-11(9-22-15)17(19,20)21;13-10-5-7(12(14,15)16)6-17-11(10)19-9-3-1-8(18)2-4-9;1-8-4-6-11(7-5-8)16(13,14)15-10(3)9(2)12;2-1-4-3;;;/h4-10H,3H2,1-2H3;1-6,18H;4-7,10H,1-3H3;1,3H;;;/q;;;;2*+1;-1/p-1. The van der Waals surface area contributed by atoms with Gasteiger partial charge in [-0.05, 0) is 107 Å². The molecule has 0 radical (unpaired) electrons. The second-order valence-corrected chi connectivity index (χ2v) is 14.9. The van der Waals surface area contributed by atoms with Crippen LogP contribution in [-0.2, 0) is 50.7 Å². The number of hydrogen-bond donors (Lipinski definition) is 1. The van der Waals surface area contributed by atoms with Crippen molar-refractivity contribution < 1.29 is 192 Å². The molecule has 0 aliphatic heterocycles. The number of carbonyl (C=O) groups is 3. The van der Waals surface area contributed by atoms with E-state index in [0.29, 0.717) is 23.9 Å². The molecule has 5 rings (SSSR count). The number of hydrogen-bond acceptors (Lipinski definition) is 15. The third kappa shape index (κ3) is 23.5. The first-order chi connectivity index (χ1) is 30.3. The summed E-state index contributed by atoms with van der Waals surface area (Å²) in [5.41, 5.74) is -0.958. The molecule has 0 aliphatic carbocycles. The first-order valence-corrected chi connectivity index (χ1v) is 20.2. The maximum absolute atomic E-state index is 12.6. The zero-order chi connectivity index (χ0) is 49.1. The van der Waals surface area contributed by atoms with Gasteiger partial charge in [0, 0.05) is 12.4 Å². The number of rotatable bonds is 13. The van der Waals surface area contributed by atoms with Gasteiger partial charge in [-0.1, -0.05) is 40.9 Å². The molecule has 0 saturated carbocycles. The average Bonchev–Trinajstić information content (AvgIpc) is 3.23. The summed E-state index contributed by atoms with van der Waals surface area (Å²) in [5, 5.41) is 17.0. The van der Waals surface area contributed by atoms with Crippen LogP contribution in [0.1, 0.15) is 45.8 Å². The van der Waals surface area contributed by atoms with Gasteiger partial charge < -0.3 is 35.6 Å². The third-order valence-corrected chi connectivity index (χ3v) is 9.42. The number of Topliss-reactive ketones (excluding diaryl/α,β-unsaturated/α-hetero) is 1. The number of phenols is 1. The summed E-state index contributed by atoms with van der Waals surface area (Å²) in [4.78, 5) is 40.9. The molecule has 0 saturated heterocycles. The number of aromatic nitrogens is 2. The maximum Gasteiger partial charge on any atom is 1.00 e. The van der Waals surface area contributed by atoms with Crippen molar-refractivity contribution in [1.82, 2.24) is 9.97 Å². The Balaban J connectivity index is 0. The molecule has 3 aromatic carbocycles. The number of ketones is 1. The van der Waals surface area contributed by atoms with Crippen molar-refractivity contribution in [2.45, 2.75) is 64.1 Å². The average molecular weight is 1060 g/mol. The fourth-order valence-electron chi connectivity index (χ4n) is 4.16. The Hall–Kier alpha value is -2.93. The van der Waals surface area contributed by atoms with E-state index in [0.717, 1.165) is 17.7 Å². The quantitative estimate of drug-likeness (QED) is 0.0341. The van der Waals surface area contributed by atoms with Crippen molar-refractivity contribution in [3.63, 3.8) is 0 Å². The predicted octanol–water partition coefficient (Wildman–Crippen LogP) is 3.36. The minimum Gasteiger partial charge on any atom is -1.00 e. The molecule has 1 N–H and O–H groups in total. The summed E-state index contributed by atoms with van der Waals surface area (Å²) in [6.07, 6.45) is -9.50. The first kappa shape index (κ1) is 64.1. The van der Waals surface area contributed by atoms with Gasteiger partial charge in [0.2, 0.25) is 11.8 Å². The van der Waals surface area contributed by atoms with E-state index in [-0.39, 0.29) is 161 Å². The van der Waals surface area contributed by atoms with Crippen molar-refractivity contribution in [3.8, 4) is 34.8 Å². The largest absolute Gasteiger partial charge is 1.00 e. The van der Waals surface area contributed by atoms with Crippen LogP contribution in [0.25, 0.3) is 0 Å². The van der Waals surface area contributed by atoms with Crippen molar-refractivity contribution in [3.05, 3.63) is 124 Å². The smallest absolute Gasteiger partial charge is 1.00 e. The van der Waals surface area contributed by atoms with E-state index in [1.54, 1.807) is 26.0 Å². The van der Waals surface area contributed by atoms with Gasteiger partial charge in [0.1, 0.15) is 39.1 Å². The molecule has 2 unspecified atom stereocenters. The SMILES string of the molecule is CC(=O)C(C)OS(=O)(=O)c1ccc(C)cc1.CCOC(=O)C(C)Oc1ccc(Oc2ncc(C(F)(F)F)cc2Cl)cc1.O=CO[O-].Oc1ccc(Oc2ncc(C(F)(F)F)cc2Cl)cc1.[H-].[K+].[K+]. The van der Waals surface area contributed by atoms with Crippen LogP contribution in [0.5, 0.6) is 34.8 Å². The van der Waals surface area contributed by atoms with Gasteiger partial charge in [0.25, 0.3) is 16.6 Å². The number of aryl methyl sites for hydroxylation is 1. The Kier molecular flexibility index (Phi) is 29.3. The van der Waals surface area contributed by atoms with Gasteiger partial charge >= 0.3 is 121 Å². The number of benzene rings is 3. The number of alkyl halides is 6. The van der Waals surface area contributed by atoms with E-state index in [2.05, 4.69) is 14.9 Å². The van der Waals surface area contributed by atoms with Crippen LogP contribution in [0.3, 0.4) is 0 Å². The number of aromatic hydroxyl groups is 1. The molecule has 0 amide bonds. The van der Waals surface area contributed by atoms with Gasteiger partial charge in [-0.3, -0.25) is 13.8 Å². The fourth-order valence-corrected chi connectivity index (χ4v) is 5.67. The summed E-state index contributed by atoms with van der Waals surface area (Å²) >= 11 is 11.5. The third-order valence-electron chi connectivity index (χ3n) is 7.48. The number of phenolic OH excluding ortho intramolecular Hbond substituents is 1. The molecule has 354 valence electrons. The van der Waals surface area contributed by atoms with Gasteiger partial charge in [-0.2, -0.15) is 34.8 Å². The van der Waals surface area contributed by atoms with Crippen LogP contribution in [0.15, 0.2) is 102 Å². The Morgan fingerprint density at radius 3 is 1.54 bits per heavy atom. The van der Waals surface area contributed by atoms with Gasteiger partial charge in [-0.25, -0.2) is 14.8 Å². The van der Waals surface area contributed by atoms with E-state index < -0.39 is 51.8 Å². The molecule has 5 aromatic rings. The second-order valence-electron chi connectivity index (χ2n) is 12.5. The number of esters is 1. The summed E-state index contributed by atoms with van der Waals surface area (Å²) in [5.74, 6) is -0.0942.